The van der Waals surface area contributed by atoms with Gasteiger partial charge in [-0.25, -0.2) is 4.98 Å². The normalized spacial score (nSPS) is 17.6. The molecule has 210 valence electrons. The maximum Gasteiger partial charge on any atom is 0.416 e. The number of amides is 2. The lowest BCUT2D eigenvalue weighted by molar-refractivity contribution is -0.143. The van der Waals surface area contributed by atoms with Crippen molar-refractivity contribution in [3.63, 3.8) is 0 Å². The Morgan fingerprint density at radius 2 is 1.50 bits per heavy atom. The molecular weight excluding hydrogens is 564 g/mol. The van der Waals surface area contributed by atoms with Crippen molar-refractivity contribution in [3.05, 3.63) is 82.8 Å². The first-order valence-corrected chi connectivity index (χ1v) is 12.4. The molecule has 0 aliphatic carbocycles. The van der Waals surface area contributed by atoms with Crippen LogP contribution in [0.3, 0.4) is 0 Å². The van der Waals surface area contributed by atoms with Crippen molar-refractivity contribution in [3.8, 4) is 0 Å². The molecule has 2 fully saturated rings. The summed E-state index contributed by atoms with van der Waals surface area (Å²) in [5.74, 6) is -1.10. The maximum absolute atomic E-state index is 13.9. The molecule has 3 aromatic rings. The molecule has 0 atom stereocenters. The number of likely N-dealkylation sites (tertiary alicyclic amines) is 1. The van der Waals surface area contributed by atoms with Crippen molar-refractivity contribution >= 4 is 34.9 Å². The molecule has 2 aromatic carbocycles. The van der Waals surface area contributed by atoms with E-state index in [9.17, 15) is 35.9 Å². The van der Waals surface area contributed by atoms with Crippen LogP contribution in [0.2, 0.25) is 5.15 Å². The van der Waals surface area contributed by atoms with Crippen LogP contribution in [-0.4, -0.2) is 52.0 Å². The van der Waals surface area contributed by atoms with E-state index in [0.717, 1.165) is 0 Å². The van der Waals surface area contributed by atoms with Gasteiger partial charge < -0.3 is 9.80 Å². The Kier molecular flexibility index (Phi) is 6.89. The highest BCUT2D eigenvalue weighted by molar-refractivity contribution is 6.29. The molecule has 2 saturated heterocycles. The molecule has 0 bridgehead atoms. The van der Waals surface area contributed by atoms with Crippen LogP contribution < -0.4 is 9.80 Å². The molecule has 1 aromatic heterocycles. The van der Waals surface area contributed by atoms with Crippen LogP contribution in [-0.2, 0) is 17.1 Å². The Labute approximate surface area is 229 Å². The average Bonchev–Trinajstić information content (AvgIpc) is 3.19. The van der Waals surface area contributed by atoms with Crippen molar-refractivity contribution in [1.82, 2.24) is 14.9 Å². The summed E-state index contributed by atoms with van der Waals surface area (Å²) in [6.07, 6.45) is -7.32. The summed E-state index contributed by atoms with van der Waals surface area (Å²) in [4.78, 5) is 39.6. The predicted octanol–water partition coefficient (Wildman–Crippen LogP) is 5.65. The number of alkyl halides is 6. The number of piperidine rings is 1. The summed E-state index contributed by atoms with van der Waals surface area (Å²) in [5.41, 5.74) is -4.31. The summed E-state index contributed by atoms with van der Waals surface area (Å²) in [5, 5.41) is 0.0808. The molecule has 2 amide bonds. The van der Waals surface area contributed by atoms with Gasteiger partial charge in [-0.05, 0) is 43.2 Å². The van der Waals surface area contributed by atoms with Gasteiger partial charge in [-0.1, -0.05) is 29.8 Å². The fourth-order valence-electron chi connectivity index (χ4n) is 5.11. The molecule has 1 spiro atoms. The molecule has 40 heavy (non-hydrogen) atoms. The zero-order valence-corrected chi connectivity index (χ0v) is 21.3. The highest BCUT2D eigenvalue weighted by Crippen LogP contribution is 2.42. The molecule has 5 rings (SSSR count). The second kappa shape index (κ2) is 9.95. The topological polar surface area (TPSA) is 69.6 Å². The van der Waals surface area contributed by atoms with Crippen LogP contribution >= 0.6 is 11.6 Å². The summed E-state index contributed by atoms with van der Waals surface area (Å²) >= 11 is 5.98. The molecular formula is C26H20ClF6N5O2. The average molecular weight is 584 g/mol. The van der Waals surface area contributed by atoms with E-state index in [2.05, 4.69) is 9.97 Å². The molecule has 0 N–H and O–H groups in total. The standard InChI is InChI=1S/C26H20ClF6N5O2/c27-20-13-34-14-21(35-20)37-15-38(19-4-2-1-3-5-19)24(23(37)40)6-8-36(9-7-24)22(39)16-10-17(25(28,29)30)12-18(11-16)26(31,32)33/h1-5,10-14H,6-9,15H2. The van der Waals surface area contributed by atoms with E-state index in [1.807, 2.05) is 4.90 Å². The quantitative estimate of drug-likeness (QED) is 0.373. The van der Waals surface area contributed by atoms with Gasteiger partial charge in [-0.2, -0.15) is 26.3 Å². The maximum atomic E-state index is 13.9. The first kappa shape index (κ1) is 27.7. The van der Waals surface area contributed by atoms with Crippen molar-refractivity contribution in [2.45, 2.75) is 30.7 Å². The zero-order chi connectivity index (χ0) is 28.9. The molecule has 0 unspecified atom stereocenters. The fraction of sp³-hybridized carbons (Fsp3) is 0.308. The number of para-hydroxylation sites is 1. The van der Waals surface area contributed by atoms with Crippen LogP contribution in [0.4, 0.5) is 37.8 Å². The first-order chi connectivity index (χ1) is 18.8. The lowest BCUT2D eigenvalue weighted by Crippen LogP contribution is -2.57. The van der Waals surface area contributed by atoms with E-state index in [0.29, 0.717) is 17.8 Å². The SMILES string of the molecule is O=C(c1cc(C(F)(F)F)cc(C(F)(F)F)c1)N1CCC2(CC1)C(=O)N(c1cncc(Cl)n1)CN2c1ccccc1. The molecule has 14 heteroatoms. The number of carbonyl (C=O) groups is 2. The van der Waals surface area contributed by atoms with Crippen LogP contribution in [0.1, 0.15) is 34.3 Å². The van der Waals surface area contributed by atoms with Crippen LogP contribution in [0.25, 0.3) is 0 Å². The fourth-order valence-corrected chi connectivity index (χ4v) is 5.25. The predicted molar refractivity (Wildman–Crippen MR) is 133 cm³/mol. The van der Waals surface area contributed by atoms with Gasteiger partial charge in [0.15, 0.2) is 5.82 Å². The number of hydrogen-bond donors (Lipinski definition) is 0. The van der Waals surface area contributed by atoms with Gasteiger partial charge in [-0.15, -0.1) is 0 Å². The molecule has 2 aliphatic heterocycles. The third kappa shape index (κ3) is 5.05. The van der Waals surface area contributed by atoms with E-state index >= 15 is 0 Å². The van der Waals surface area contributed by atoms with E-state index in [-0.39, 0.29) is 55.5 Å². The Morgan fingerprint density at radius 3 is 2.05 bits per heavy atom. The van der Waals surface area contributed by atoms with Gasteiger partial charge in [0.05, 0.1) is 23.5 Å². The third-order valence-corrected chi connectivity index (χ3v) is 7.27. The van der Waals surface area contributed by atoms with Gasteiger partial charge in [0, 0.05) is 24.3 Å². The molecule has 0 radical (unpaired) electrons. The molecule has 7 nitrogen and oxygen atoms in total. The van der Waals surface area contributed by atoms with Crippen molar-refractivity contribution in [2.24, 2.45) is 0 Å². The largest absolute Gasteiger partial charge is 0.416 e. The van der Waals surface area contributed by atoms with Gasteiger partial charge >= 0.3 is 12.4 Å². The Bertz CT molecular complexity index is 1410. The first-order valence-electron chi connectivity index (χ1n) is 12.0. The van der Waals surface area contributed by atoms with Gasteiger partial charge in [0.1, 0.15) is 17.4 Å². The number of hydrogen-bond acceptors (Lipinski definition) is 5. The zero-order valence-electron chi connectivity index (χ0n) is 20.5. The summed E-state index contributed by atoms with van der Waals surface area (Å²) in [7, 11) is 0. The number of aromatic nitrogens is 2. The highest BCUT2D eigenvalue weighted by atomic mass is 35.5. The molecule has 3 heterocycles. The van der Waals surface area contributed by atoms with Crippen molar-refractivity contribution in [1.29, 1.82) is 0 Å². The second-order valence-electron chi connectivity index (χ2n) is 9.46. The molecule has 0 saturated carbocycles. The summed E-state index contributed by atoms with van der Waals surface area (Å²) in [6, 6.07) is 9.81. The van der Waals surface area contributed by atoms with Gasteiger partial charge in [-0.3, -0.25) is 19.5 Å². The van der Waals surface area contributed by atoms with E-state index < -0.39 is 40.5 Å². The van der Waals surface area contributed by atoms with Crippen molar-refractivity contribution in [2.75, 3.05) is 29.6 Å². The minimum atomic E-state index is -5.08. The minimum Gasteiger partial charge on any atom is -0.338 e. The van der Waals surface area contributed by atoms with Gasteiger partial charge in [0.25, 0.3) is 11.8 Å². The summed E-state index contributed by atoms with van der Waals surface area (Å²) < 4.78 is 80.0. The Balaban J connectivity index is 1.45. The van der Waals surface area contributed by atoms with E-state index in [4.69, 9.17) is 11.6 Å². The number of benzene rings is 2. The van der Waals surface area contributed by atoms with Crippen LogP contribution in [0, 0.1) is 0 Å². The van der Waals surface area contributed by atoms with E-state index in [1.54, 1.807) is 30.3 Å². The van der Waals surface area contributed by atoms with Crippen LogP contribution in [0.15, 0.2) is 60.9 Å². The second-order valence-corrected chi connectivity index (χ2v) is 9.84. The number of rotatable bonds is 3. The smallest absolute Gasteiger partial charge is 0.338 e. The number of anilines is 2. The molecule has 2 aliphatic rings. The Hall–Kier alpha value is -3.87. The number of nitrogens with zero attached hydrogens (tertiary/aromatic N) is 5. The Morgan fingerprint density at radius 1 is 0.900 bits per heavy atom. The monoisotopic (exact) mass is 583 g/mol. The number of carbonyl (C=O) groups excluding carboxylic acids is 2. The third-order valence-electron chi connectivity index (χ3n) is 7.09. The lowest BCUT2D eigenvalue weighted by atomic mass is 9.85. The van der Waals surface area contributed by atoms with Crippen molar-refractivity contribution < 1.29 is 35.9 Å². The lowest BCUT2D eigenvalue weighted by Gasteiger charge is -2.43. The van der Waals surface area contributed by atoms with Gasteiger partial charge in [0.2, 0.25) is 0 Å². The van der Waals surface area contributed by atoms with Crippen LogP contribution in [0.5, 0.6) is 0 Å². The summed E-state index contributed by atoms with van der Waals surface area (Å²) in [6.45, 7) is -0.0739. The minimum absolute atomic E-state index is 0.0236. The number of halogens is 7. The van der Waals surface area contributed by atoms with E-state index in [1.165, 1.54) is 22.2 Å². The highest BCUT2D eigenvalue weighted by Gasteiger charge is 2.55.